The van der Waals surface area contributed by atoms with Gasteiger partial charge in [-0.25, -0.2) is 0 Å². The van der Waals surface area contributed by atoms with Crippen molar-refractivity contribution in [3.05, 3.63) is 78.3 Å². The van der Waals surface area contributed by atoms with Crippen LogP contribution in [0.2, 0.25) is 0 Å². The number of aromatic nitrogens is 3. The first kappa shape index (κ1) is 16.0. The minimum Gasteiger partial charge on any atom is -0.420 e. The molecule has 1 amide bonds. The molecule has 26 heavy (non-hydrogen) atoms. The van der Waals surface area contributed by atoms with E-state index in [-0.39, 0.29) is 18.2 Å². The van der Waals surface area contributed by atoms with Gasteiger partial charge < -0.3 is 9.73 Å². The molecule has 128 valence electrons. The van der Waals surface area contributed by atoms with Crippen molar-refractivity contribution in [1.82, 2.24) is 20.5 Å². The lowest BCUT2D eigenvalue weighted by Crippen LogP contribution is -2.24. The quantitative estimate of drug-likeness (QED) is 0.601. The Bertz CT molecular complexity index is 1040. The molecule has 2 heterocycles. The van der Waals surface area contributed by atoms with E-state index in [4.69, 9.17) is 4.42 Å². The smallest absolute Gasteiger partial charge is 0.247 e. The Morgan fingerprint density at radius 2 is 1.88 bits per heavy atom. The van der Waals surface area contributed by atoms with Gasteiger partial charge in [0.15, 0.2) is 0 Å². The Kier molecular flexibility index (Phi) is 4.38. The van der Waals surface area contributed by atoms with Crippen molar-refractivity contribution in [2.75, 3.05) is 0 Å². The van der Waals surface area contributed by atoms with Crippen LogP contribution < -0.4 is 5.32 Å². The summed E-state index contributed by atoms with van der Waals surface area (Å²) in [5.41, 5.74) is 2.74. The number of hydrogen-bond donors (Lipinski definition) is 1. The van der Waals surface area contributed by atoms with Crippen LogP contribution in [0.4, 0.5) is 0 Å². The summed E-state index contributed by atoms with van der Waals surface area (Å²) >= 11 is 0. The summed E-state index contributed by atoms with van der Waals surface area (Å²) in [4.78, 5) is 16.3. The van der Waals surface area contributed by atoms with Gasteiger partial charge in [-0.2, -0.15) is 0 Å². The normalized spacial score (nSPS) is 10.8. The number of benzene rings is 2. The molecule has 0 aliphatic carbocycles. The highest BCUT2D eigenvalue weighted by Gasteiger charge is 2.12. The summed E-state index contributed by atoms with van der Waals surface area (Å²) in [5.74, 6) is 0.519. The molecule has 0 atom stereocenters. The molecule has 6 heteroatoms. The van der Waals surface area contributed by atoms with Crippen molar-refractivity contribution in [3.8, 4) is 11.5 Å². The van der Waals surface area contributed by atoms with E-state index in [0.717, 1.165) is 22.0 Å². The number of nitrogens with one attached hydrogen (secondary N) is 1. The first-order valence-electron chi connectivity index (χ1n) is 8.26. The summed E-state index contributed by atoms with van der Waals surface area (Å²) in [6, 6.07) is 19.3. The van der Waals surface area contributed by atoms with Crippen molar-refractivity contribution >= 4 is 16.8 Å². The van der Waals surface area contributed by atoms with E-state index in [0.29, 0.717) is 12.4 Å². The molecule has 0 unspecified atom stereocenters. The van der Waals surface area contributed by atoms with Crippen LogP contribution in [0.25, 0.3) is 22.4 Å². The Labute approximate surface area is 149 Å². The van der Waals surface area contributed by atoms with Crippen LogP contribution >= 0.6 is 0 Å². The minimum absolute atomic E-state index is 0.0506. The predicted molar refractivity (Wildman–Crippen MR) is 97.0 cm³/mol. The van der Waals surface area contributed by atoms with Gasteiger partial charge in [0.1, 0.15) is 6.42 Å². The second-order valence-corrected chi connectivity index (χ2v) is 5.85. The number of carbonyl (C=O) groups excluding carboxylic acids is 1. The molecule has 0 aliphatic heterocycles. The molecule has 6 nitrogen and oxygen atoms in total. The maximum atomic E-state index is 12.1. The molecule has 2 aromatic heterocycles. The monoisotopic (exact) mass is 344 g/mol. The van der Waals surface area contributed by atoms with Gasteiger partial charge in [0.2, 0.25) is 17.7 Å². The van der Waals surface area contributed by atoms with Crippen LogP contribution in [0, 0.1) is 0 Å². The number of carbonyl (C=O) groups is 1. The Morgan fingerprint density at radius 1 is 1.00 bits per heavy atom. The third-order valence-corrected chi connectivity index (χ3v) is 3.96. The van der Waals surface area contributed by atoms with Crippen LogP contribution in [0.15, 0.2) is 71.3 Å². The second-order valence-electron chi connectivity index (χ2n) is 5.85. The number of fused-ring (bicyclic) bond motifs is 1. The molecule has 0 radical (unpaired) electrons. The molecular formula is C20H16N4O2. The van der Waals surface area contributed by atoms with Gasteiger partial charge in [-0.3, -0.25) is 9.78 Å². The zero-order chi connectivity index (χ0) is 17.8. The van der Waals surface area contributed by atoms with Crippen LogP contribution in [-0.4, -0.2) is 21.1 Å². The Hall–Kier alpha value is -3.54. The van der Waals surface area contributed by atoms with E-state index in [1.807, 2.05) is 60.7 Å². The molecule has 4 aromatic rings. The standard InChI is InChI=1S/C20H16N4O2/c25-18(22-13-14-5-2-1-3-6-14)12-19-23-24-20(26-19)16-8-9-17-15(11-16)7-4-10-21-17/h1-11H,12-13H2,(H,22,25). The zero-order valence-corrected chi connectivity index (χ0v) is 13.9. The Balaban J connectivity index is 1.43. The van der Waals surface area contributed by atoms with Crippen molar-refractivity contribution < 1.29 is 9.21 Å². The largest absolute Gasteiger partial charge is 0.420 e. The SMILES string of the molecule is O=C(Cc1nnc(-c2ccc3ncccc3c2)o1)NCc1ccccc1. The molecule has 0 saturated carbocycles. The minimum atomic E-state index is -0.160. The van der Waals surface area contributed by atoms with E-state index in [1.165, 1.54) is 0 Å². The van der Waals surface area contributed by atoms with E-state index >= 15 is 0 Å². The van der Waals surface area contributed by atoms with Crippen molar-refractivity contribution in [1.29, 1.82) is 0 Å². The number of rotatable bonds is 5. The van der Waals surface area contributed by atoms with Gasteiger partial charge in [0.25, 0.3) is 0 Å². The molecular weight excluding hydrogens is 328 g/mol. The van der Waals surface area contributed by atoms with E-state index in [2.05, 4.69) is 20.5 Å². The van der Waals surface area contributed by atoms with Gasteiger partial charge in [-0.05, 0) is 29.8 Å². The average molecular weight is 344 g/mol. The fourth-order valence-corrected chi connectivity index (χ4v) is 2.65. The molecule has 1 N–H and O–H groups in total. The third-order valence-electron chi connectivity index (χ3n) is 3.96. The molecule has 0 aliphatic rings. The van der Waals surface area contributed by atoms with Gasteiger partial charge >= 0.3 is 0 Å². The van der Waals surface area contributed by atoms with Crippen LogP contribution in [-0.2, 0) is 17.8 Å². The van der Waals surface area contributed by atoms with Gasteiger partial charge in [0.05, 0.1) is 5.52 Å². The van der Waals surface area contributed by atoms with Gasteiger partial charge in [0, 0.05) is 23.7 Å². The lowest BCUT2D eigenvalue weighted by molar-refractivity contribution is -0.120. The lowest BCUT2D eigenvalue weighted by Gasteiger charge is -2.03. The number of amides is 1. The molecule has 4 rings (SSSR count). The van der Waals surface area contributed by atoms with Crippen LogP contribution in [0.1, 0.15) is 11.5 Å². The van der Waals surface area contributed by atoms with Crippen LogP contribution in [0.3, 0.4) is 0 Å². The first-order chi connectivity index (χ1) is 12.8. The fraction of sp³-hybridized carbons (Fsp3) is 0.100. The molecule has 0 bridgehead atoms. The van der Waals surface area contributed by atoms with E-state index < -0.39 is 0 Å². The Morgan fingerprint density at radius 3 is 2.77 bits per heavy atom. The maximum absolute atomic E-state index is 12.1. The molecule has 2 aromatic carbocycles. The summed E-state index contributed by atoms with van der Waals surface area (Å²) in [7, 11) is 0. The van der Waals surface area contributed by atoms with Gasteiger partial charge in [-0.15, -0.1) is 10.2 Å². The highest BCUT2D eigenvalue weighted by Crippen LogP contribution is 2.22. The summed E-state index contributed by atoms with van der Waals surface area (Å²) < 4.78 is 5.64. The van der Waals surface area contributed by atoms with E-state index in [9.17, 15) is 4.79 Å². The van der Waals surface area contributed by atoms with Crippen molar-refractivity contribution in [2.45, 2.75) is 13.0 Å². The lowest BCUT2D eigenvalue weighted by atomic mass is 10.1. The summed E-state index contributed by atoms with van der Waals surface area (Å²) in [6.07, 6.45) is 1.80. The fourth-order valence-electron chi connectivity index (χ4n) is 2.65. The zero-order valence-electron chi connectivity index (χ0n) is 13.9. The summed E-state index contributed by atoms with van der Waals surface area (Å²) in [6.45, 7) is 0.471. The van der Waals surface area contributed by atoms with Crippen LogP contribution in [0.5, 0.6) is 0 Å². The first-order valence-corrected chi connectivity index (χ1v) is 8.26. The van der Waals surface area contributed by atoms with Gasteiger partial charge in [-0.1, -0.05) is 36.4 Å². The number of pyridine rings is 1. The van der Waals surface area contributed by atoms with E-state index in [1.54, 1.807) is 6.20 Å². The van der Waals surface area contributed by atoms with Crippen molar-refractivity contribution in [2.24, 2.45) is 0 Å². The molecule has 0 spiro atoms. The number of nitrogens with zero attached hydrogens (tertiary/aromatic N) is 3. The molecule has 0 saturated heterocycles. The highest BCUT2D eigenvalue weighted by atomic mass is 16.4. The topological polar surface area (TPSA) is 80.9 Å². The second kappa shape index (κ2) is 7.14. The highest BCUT2D eigenvalue weighted by molar-refractivity contribution is 5.82. The maximum Gasteiger partial charge on any atom is 0.247 e. The number of hydrogen-bond acceptors (Lipinski definition) is 5. The molecule has 0 fully saturated rings. The average Bonchev–Trinajstić information content (AvgIpc) is 3.15. The third kappa shape index (κ3) is 3.59. The summed E-state index contributed by atoms with van der Waals surface area (Å²) in [5, 5.41) is 11.9. The van der Waals surface area contributed by atoms with Crippen molar-refractivity contribution in [3.63, 3.8) is 0 Å². The predicted octanol–water partition coefficient (Wildman–Crippen LogP) is 3.14.